The van der Waals surface area contributed by atoms with E-state index >= 15 is 0 Å². The van der Waals surface area contributed by atoms with Crippen LogP contribution in [0.5, 0.6) is 0 Å². The van der Waals surface area contributed by atoms with E-state index in [0.717, 1.165) is 77.8 Å². The van der Waals surface area contributed by atoms with Crippen LogP contribution in [-0.4, -0.2) is 77.6 Å². The molecule has 6 heterocycles. The summed E-state index contributed by atoms with van der Waals surface area (Å²) in [5, 5.41) is 6.65. The van der Waals surface area contributed by atoms with Gasteiger partial charge in [-0.3, -0.25) is 19.4 Å². The van der Waals surface area contributed by atoms with Crippen molar-refractivity contribution >= 4 is 27.8 Å². The van der Waals surface area contributed by atoms with Gasteiger partial charge in [-0.25, -0.2) is 9.97 Å². The van der Waals surface area contributed by atoms with E-state index in [1.807, 2.05) is 53.7 Å². The summed E-state index contributed by atoms with van der Waals surface area (Å²) in [6.07, 6.45) is 11.2. The molecule has 9 nitrogen and oxygen atoms in total. The average molecular weight is 479 g/mol. The number of benzene rings is 1. The van der Waals surface area contributed by atoms with Gasteiger partial charge >= 0.3 is 0 Å². The van der Waals surface area contributed by atoms with E-state index in [1.54, 1.807) is 12.5 Å². The lowest BCUT2D eigenvalue weighted by Crippen LogP contribution is -2.56. The number of carbonyl (C=O) groups is 1. The van der Waals surface area contributed by atoms with Gasteiger partial charge in [0.25, 0.3) is 5.91 Å². The summed E-state index contributed by atoms with van der Waals surface area (Å²) in [5.74, 6) is 0.117. The molecule has 7 rings (SSSR count). The molecule has 9 heteroatoms. The maximum Gasteiger partial charge on any atom is 0.253 e. The fourth-order valence-electron chi connectivity index (χ4n) is 5.54. The van der Waals surface area contributed by atoms with Crippen molar-refractivity contribution in [3.63, 3.8) is 0 Å². The molecule has 1 aromatic carbocycles. The van der Waals surface area contributed by atoms with Crippen molar-refractivity contribution in [3.8, 4) is 11.3 Å². The second kappa shape index (κ2) is 8.53. The third-order valence-electron chi connectivity index (χ3n) is 7.61. The SMILES string of the molecule is O=C(c1ccc2ncccc2c1)N1CCC(N2CC(n3cc(-c4ncnc5[nH]ccc45)cn3)C2)CC1. The number of carbonyl (C=O) groups excluding carboxylic acids is 1. The molecule has 0 atom stereocenters. The van der Waals surface area contributed by atoms with Crippen molar-refractivity contribution in [1.82, 2.24) is 39.5 Å². The number of rotatable bonds is 4. The van der Waals surface area contributed by atoms with Gasteiger partial charge in [-0.05, 0) is 43.2 Å². The van der Waals surface area contributed by atoms with Gasteiger partial charge in [0.1, 0.15) is 12.0 Å². The fourth-order valence-corrected chi connectivity index (χ4v) is 5.54. The minimum atomic E-state index is 0.117. The Kier molecular flexibility index (Phi) is 5.02. The topological polar surface area (TPSA) is 95.8 Å². The Morgan fingerprint density at radius 1 is 1.00 bits per heavy atom. The lowest BCUT2D eigenvalue weighted by Gasteiger charge is -2.47. The van der Waals surface area contributed by atoms with Crippen LogP contribution >= 0.6 is 0 Å². The second-order valence-corrected chi connectivity index (χ2v) is 9.71. The van der Waals surface area contributed by atoms with Crippen LogP contribution in [-0.2, 0) is 0 Å². The van der Waals surface area contributed by atoms with Gasteiger partial charge in [0.2, 0.25) is 0 Å². The number of hydrogen-bond acceptors (Lipinski definition) is 6. The van der Waals surface area contributed by atoms with Crippen molar-refractivity contribution in [3.05, 3.63) is 73.1 Å². The average Bonchev–Trinajstić information content (AvgIpc) is 3.58. The van der Waals surface area contributed by atoms with Gasteiger partial charge in [-0.2, -0.15) is 5.10 Å². The number of amides is 1. The lowest BCUT2D eigenvalue weighted by atomic mass is 9.97. The molecule has 0 spiro atoms. The smallest absolute Gasteiger partial charge is 0.253 e. The van der Waals surface area contributed by atoms with Crippen LogP contribution in [0, 0.1) is 0 Å². The van der Waals surface area contributed by atoms with E-state index < -0.39 is 0 Å². The molecule has 2 fully saturated rings. The normalized spacial score (nSPS) is 17.6. The molecule has 0 saturated carbocycles. The number of nitrogens with one attached hydrogen (secondary N) is 1. The Bertz CT molecular complexity index is 1560. The summed E-state index contributed by atoms with van der Waals surface area (Å²) >= 11 is 0. The van der Waals surface area contributed by atoms with Crippen LogP contribution in [0.25, 0.3) is 33.2 Å². The van der Waals surface area contributed by atoms with E-state index in [4.69, 9.17) is 0 Å². The number of aromatic amines is 1. The molecular weight excluding hydrogens is 452 g/mol. The Morgan fingerprint density at radius 2 is 1.89 bits per heavy atom. The molecule has 1 amide bonds. The Balaban J connectivity index is 0.958. The summed E-state index contributed by atoms with van der Waals surface area (Å²) in [4.78, 5) is 33.9. The third kappa shape index (κ3) is 3.63. The number of likely N-dealkylation sites (tertiary alicyclic amines) is 2. The van der Waals surface area contributed by atoms with Crippen molar-refractivity contribution in [2.24, 2.45) is 0 Å². The fraction of sp³-hybridized carbons (Fsp3) is 0.296. The van der Waals surface area contributed by atoms with E-state index in [1.165, 1.54) is 0 Å². The summed E-state index contributed by atoms with van der Waals surface area (Å²) in [5.41, 5.74) is 4.41. The van der Waals surface area contributed by atoms with E-state index in [2.05, 4.69) is 40.8 Å². The first kappa shape index (κ1) is 21.2. The monoisotopic (exact) mass is 478 g/mol. The predicted molar refractivity (Wildman–Crippen MR) is 136 cm³/mol. The number of fused-ring (bicyclic) bond motifs is 2. The first-order valence-electron chi connectivity index (χ1n) is 12.4. The summed E-state index contributed by atoms with van der Waals surface area (Å²) in [6, 6.07) is 12.6. The minimum Gasteiger partial charge on any atom is -0.346 e. The van der Waals surface area contributed by atoms with Crippen LogP contribution in [0.1, 0.15) is 29.2 Å². The molecule has 0 aliphatic carbocycles. The zero-order valence-electron chi connectivity index (χ0n) is 19.8. The summed E-state index contributed by atoms with van der Waals surface area (Å²) < 4.78 is 2.07. The predicted octanol–water partition coefficient (Wildman–Crippen LogP) is 3.53. The Hall–Kier alpha value is -4.11. The van der Waals surface area contributed by atoms with Crippen LogP contribution < -0.4 is 0 Å². The van der Waals surface area contributed by atoms with Crippen molar-refractivity contribution in [2.45, 2.75) is 24.9 Å². The molecule has 0 radical (unpaired) electrons. The molecule has 5 aromatic rings. The highest BCUT2D eigenvalue weighted by molar-refractivity contribution is 5.98. The van der Waals surface area contributed by atoms with Crippen molar-refractivity contribution in [2.75, 3.05) is 26.2 Å². The number of pyridine rings is 1. The summed E-state index contributed by atoms with van der Waals surface area (Å²) in [6.45, 7) is 3.56. The van der Waals surface area contributed by atoms with Crippen LogP contribution in [0.3, 0.4) is 0 Å². The molecule has 2 aliphatic heterocycles. The van der Waals surface area contributed by atoms with Crippen LogP contribution in [0.2, 0.25) is 0 Å². The Labute approximate surface area is 207 Å². The van der Waals surface area contributed by atoms with E-state index in [9.17, 15) is 4.79 Å². The molecule has 4 aromatic heterocycles. The van der Waals surface area contributed by atoms with Gasteiger partial charge in [-0.1, -0.05) is 6.07 Å². The number of H-pyrrole nitrogens is 1. The highest BCUT2D eigenvalue weighted by atomic mass is 16.2. The quantitative estimate of drug-likeness (QED) is 0.425. The number of nitrogens with zero attached hydrogens (tertiary/aromatic N) is 7. The summed E-state index contributed by atoms with van der Waals surface area (Å²) in [7, 11) is 0. The Morgan fingerprint density at radius 3 is 2.78 bits per heavy atom. The molecule has 1 N–H and O–H groups in total. The standard InChI is InChI=1S/C27H26N8O/c36-27(19-3-4-24-18(12-19)2-1-8-28-24)33-10-6-21(7-11-33)34-15-22(16-34)35-14-20(13-32-35)25-23-5-9-29-26(23)31-17-30-25/h1-5,8-9,12-14,17,21-22H,6-7,10-11,15-16H2,(H,29,30,31). The first-order valence-corrected chi connectivity index (χ1v) is 12.4. The zero-order valence-corrected chi connectivity index (χ0v) is 19.8. The zero-order chi connectivity index (χ0) is 24.1. The molecule has 180 valence electrons. The van der Waals surface area contributed by atoms with Gasteiger partial charge in [0.15, 0.2) is 0 Å². The van der Waals surface area contributed by atoms with Crippen LogP contribution in [0.15, 0.2) is 67.5 Å². The number of hydrogen-bond donors (Lipinski definition) is 1. The van der Waals surface area contributed by atoms with Crippen molar-refractivity contribution in [1.29, 1.82) is 0 Å². The van der Waals surface area contributed by atoms with Crippen LogP contribution in [0.4, 0.5) is 0 Å². The minimum absolute atomic E-state index is 0.117. The van der Waals surface area contributed by atoms with Gasteiger partial charge in [0.05, 0.1) is 23.4 Å². The van der Waals surface area contributed by atoms with Crippen molar-refractivity contribution < 1.29 is 4.79 Å². The molecule has 2 saturated heterocycles. The van der Waals surface area contributed by atoms with Gasteiger partial charge < -0.3 is 9.88 Å². The molecule has 36 heavy (non-hydrogen) atoms. The highest BCUT2D eigenvalue weighted by Crippen LogP contribution is 2.31. The number of piperidine rings is 1. The lowest BCUT2D eigenvalue weighted by molar-refractivity contribution is 0.0198. The molecule has 2 aliphatic rings. The van der Waals surface area contributed by atoms with E-state index in [0.29, 0.717) is 12.1 Å². The molecule has 0 bridgehead atoms. The van der Waals surface area contributed by atoms with Gasteiger partial charge in [0, 0.05) is 72.7 Å². The number of aromatic nitrogens is 6. The van der Waals surface area contributed by atoms with E-state index in [-0.39, 0.29) is 5.91 Å². The molecular formula is C27H26N8O. The molecule has 0 unspecified atom stereocenters. The van der Waals surface area contributed by atoms with Gasteiger partial charge in [-0.15, -0.1) is 0 Å². The third-order valence-corrected chi connectivity index (χ3v) is 7.61. The largest absolute Gasteiger partial charge is 0.346 e. The highest BCUT2D eigenvalue weighted by Gasteiger charge is 2.36. The maximum atomic E-state index is 13.1. The first-order chi connectivity index (χ1) is 17.7. The maximum absolute atomic E-state index is 13.1. The second-order valence-electron chi connectivity index (χ2n) is 9.71.